The Labute approximate surface area is 120 Å². The number of hydrogen-bond donors (Lipinski definition) is 2. The molecule has 2 N–H and O–H groups in total. The number of aliphatic carboxylic acids is 1. The summed E-state index contributed by atoms with van der Waals surface area (Å²) >= 11 is 3.26. The van der Waals surface area contributed by atoms with Gasteiger partial charge in [0.05, 0.1) is 4.88 Å². The van der Waals surface area contributed by atoms with Crippen molar-refractivity contribution < 1.29 is 9.90 Å². The van der Waals surface area contributed by atoms with Gasteiger partial charge in [-0.25, -0.2) is 4.98 Å². The molecule has 0 unspecified atom stereocenters. The van der Waals surface area contributed by atoms with E-state index in [0.717, 1.165) is 14.8 Å². The van der Waals surface area contributed by atoms with Crippen LogP contribution in [0.4, 0.5) is 0 Å². The Hall–Kier alpha value is -1.24. The van der Waals surface area contributed by atoms with Gasteiger partial charge in [-0.3, -0.25) is 10.1 Å². The molecule has 0 aliphatic rings. The van der Waals surface area contributed by atoms with E-state index in [-0.39, 0.29) is 5.92 Å². The molecule has 2 aromatic rings. The molecule has 102 valence electrons. The van der Waals surface area contributed by atoms with Crippen molar-refractivity contribution in [2.24, 2.45) is 5.92 Å². The molecule has 0 aliphatic heterocycles. The summed E-state index contributed by atoms with van der Waals surface area (Å²) in [7, 11) is 0. The van der Waals surface area contributed by atoms with Crippen LogP contribution in [-0.4, -0.2) is 22.1 Å². The Morgan fingerprint density at radius 3 is 2.89 bits per heavy atom. The van der Waals surface area contributed by atoms with Crippen LogP contribution in [0.15, 0.2) is 23.7 Å². The lowest BCUT2D eigenvalue weighted by Gasteiger charge is -2.16. The zero-order valence-electron chi connectivity index (χ0n) is 10.8. The monoisotopic (exact) mass is 296 g/mol. The zero-order valence-corrected chi connectivity index (χ0v) is 12.4. The molecule has 0 spiro atoms. The van der Waals surface area contributed by atoms with Crippen molar-refractivity contribution in [3.63, 3.8) is 0 Å². The maximum atomic E-state index is 11.1. The first-order chi connectivity index (χ1) is 9.08. The van der Waals surface area contributed by atoms with Crippen LogP contribution < -0.4 is 5.32 Å². The fourth-order valence-electron chi connectivity index (χ4n) is 1.72. The van der Waals surface area contributed by atoms with Crippen LogP contribution in [0.2, 0.25) is 0 Å². The molecule has 0 saturated carbocycles. The van der Waals surface area contributed by atoms with E-state index in [4.69, 9.17) is 5.11 Å². The third-order valence-electron chi connectivity index (χ3n) is 2.71. The number of thiazole rings is 1. The molecule has 0 radical (unpaired) electrons. The largest absolute Gasteiger partial charge is 0.480 e. The molecule has 1 atom stereocenters. The number of carbonyl (C=O) groups is 1. The lowest BCUT2D eigenvalue weighted by atomic mass is 10.1. The third-order valence-corrected chi connectivity index (χ3v) is 4.75. The molecule has 0 fully saturated rings. The van der Waals surface area contributed by atoms with E-state index in [1.165, 1.54) is 0 Å². The number of rotatable bonds is 6. The first kappa shape index (κ1) is 14.2. The Balaban J connectivity index is 1.99. The second-order valence-electron chi connectivity index (χ2n) is 4.55. The number of thiophene rings is 1. The predicted molar refractivity (Wildman–Crippen MR) is 78.5 cm³/mol. The second-order valence-corrected chi connectivity index (χ2v) is 6.61. The van der Waals surface area contributed by atoms with Gasteiger partial charge in [-0.2, -0.15) is 0 Å². The second kappa shape index (κ2) is 6.27. The van der Waals surface area contributed by atoms with Crippen molar-refractivity contribution in [3.8, 4) is 9.88 Å². The summed E-state index contributed by atoms with van der Waals surface area (Å²) in [6.45, 7) is 4.34. The highest BCUT2D eigenvalue weighted by molar-refractivity contribution is 7.20. The van der Waals surface area contributed by atoms with Crippen LogP contribution >= 0.6 is 22.7 Å². The van der Waals surface area contributed by atoms with E-state index in [1.54, 1.807) is 22.7 Å². The normalized spacial score (nSPS) is 12.8. The Kier molecular flexibility index (Phi) is 4.68. The molecule has 0 amide bonds. The molecule has 2 aromatic heterocycles. The fraction of sp³-hybridized carbons (Fsp3) is 0.385. The summed E-state index contributed by atoms with van der Waals surface area (Å²) < 4.78 is 0. The van der Waals surface area contributed by atoms with Crippen molar-refractivity contribution in [1.29, 1.82) is 0 Å². The Bertz CT molecular complexity index is 535. The smallest absolute Gasteiger partial charge is 0.320 e. The number of hydrogen-bond acceptors (Lipinski definition) is 5. The lowest BCUT2D eigenvalue weighted by molar-refractivity contribution is -0.140. The SMILES string of the molecule is CC(C)[C@H](NCc1cnc(-c2cccs2)s1)C(=O)O. The van der Waals surface area contributed by atoms with Crippen molar-refractivity contribution in [2.75, 3.05) is 0 Å². The maximum Gasteiger partial charge on any atom is 0.320 e. The molecule has 6 heteroatoms. The standard InChI is InChI=1S/C13H16N2O2S2/c1-8(2)11(13(16)17)14-6-9-7-15-12(19-9)10-4-3-5-18-10/h3-5,7-8,11,14H,6H2,1-2H3,(H,16,17)/t11-/m0/s1. The minimum Gasteiger partial charge on any atom is -0.480 e. The molecule has 0 bridgehead atoms. The van der Waals surface area contributed by atoms with Gasteiger partial charge in [0.2, 0.25) is 0 Å². The van der Waals surface area contributed by atoms with Crippen LogP contribution in [0, 0.1) is 5.92 Å². The summed E-state index contributed by atoms with van der Waals surface area (Å²) in [6.07, 6.45) is 1.81. The maximum absolute atomic E-state index is 11.1. The molecule has 2 rings (SSSR count). The zero-order chi connectivity index (χ0) is 13.8. The summed E-state index contributed by atoms with van der Waals surface area (Å²) in [5, 5.41) is 15.2. The average molecular weight is 296 g/mol. The third kappa shape index (κ3) is 3.62. The molecule has 19 heavy (non-hydrogen) atoms. The quantitative estimate of drug-likeness (QED) is 0.860. The fourth-order valence-corrected chi connectivity index (χ4v) is 3.39. The van der Waals surface area contributed by atoms with Gasteiger partial charge in [-0.15, -0.1) is 22.7 Å². The number of nitrogens with zero attached hydrogens (tertiary/aromatic N) is 1. The van der Waals surface area contributed by atoms with Crippen LogP contribution in [0.5, 0.6) is 0 Å². The van der Waals surface area contributed by atoms with Gasteiger partial charge in [0, 0.05) is 17.6 Å². The summed E-state index contributed by atoms with van der Waals surface area (Å²) in [5.74, 6) is -0.750. The molecule has 0 aliphatic carbocycles. The minimum atomic E-state index is -0.807. The molecule has 4 nitrogen and oxygen atoms in total. The van der Waals surface area contributed by atoms with Gasteiger partial charge in [-0.1, -0.05) is 19.9 Å². The summed E-state index contributed by atoms with van der Waals surface area (Å²) in [4.78, 5) is 17.6. The van der Waals surface area contributed by atoms with E-state index < -0.39 is 12.0 Å². The van der Waals surface area contributed by atoms with E-state index in [9.17, 15) is 4.79 Å². The van der Waals surface area contributed by atoms with E-state index >= 15 is 0 Å². The first-order valence-corrected chi connectivity index (χ1v) is 7.72. The van der Waals surface area contributed by atoms with Gasteiger partial charge in [0.25, 0.3) is 0 Å². The van der Waals surface area contributed by atoms with E-state index in [2.05, 4.69) is 10.3 Å². The van der Waals surface area contributed by atoms with Gasteiger partial charge in [-0.05, 0) is 17.4 Å². The first-order valence-electron chi connectivity index (χ1n) is 6.02. The number of aromatic nitrogens is 1. The van der Waals surface area contributed by atoms with Crippen LogP contribution in [0.25, 0.3) is 9.88 Å². The molecule has 2 heterocycles. The van der Waals surface area contributed by atoms with Crippen LogP contribution in [0.3, 0.4) is 0 Å². The lowest BCUT2D eigenvalue weighted by Crippen LogP contribution is -2.40. The predicted octanol–water partition coefficient (Wildman–Crippen LogP) is 3.07. The Morgan fingerprint density at radius 2 is 2.32 bits per heavy atom. The van der Waals surface area contributed by atoms with Crippen molar-refractivity contribution in [2.45, 2.75) is 26.4 Å². The molecule has 0 aromatic carbocycles. The van der Waals surface area contributed by atoms with Crippen molar-refractivity contribution in [3.05, 3.63) is 28.6 Å². The van der Waals surface area contributed by atoms with Crippen LogP contribution in [0.1, 0.15) is 18.7 Å². The van der Waals surface area contributed by atoms with Crippen molar-refractivity contribution in [1.82, 2.24) is 10.3 Å². The highest BCUT2D eigenvalue weighted by Crippen LogP contribution is 2.28. The summed E-state index contributed by atoms with van der Waals surface area (Å²) in [5.41, 5.74) is 0. The van der Waals surface area contributed by atoms with Gasteiger partial charge >= 0.3 is 5.97 Å². The topological polar surface area (TPSA) is 62.2 Å². The Morgan fingerprint density at radius 1 is 1.53 bits per heavy atom. The number of carboxylic acid groups (broad SMARTS) is 1. The minimum absolute atomic E-state index is 0.0576. The van der Waals surface area contributed by atoms with Gasteiger partial charge in [0.1, 0.15) is 11.0 Å². The van der Waals surface area contributed by atoms with Gasteiger partial charge in [0.15, 0.2) is 0 Å². The molecule has 0 saturated heterocycles. The average Bonchev–Trinajstić information content (AvgIpc) is 2.98. The van der Waals surface area contributed by atoms with E-state index in [0.29, 0.717) is 6.54 Å². The van der Waals surface area contributed by atoms with Gasteiger partial charge < -0.3 is 5.11 Å². The highest BCUT2D eigenvalue weighted by atomic mass is 32.1. The van der Waals surface area contributed by atoms with Crippen molar-refractivity contribution >= 4 is 28.6 Å². The highest BCUT2D eigenvalue weighted by Gasteiger charge is 2.20. The number of carboxylic acids is 1. The number of nitrogens with one attached hydrogen (secondary N) is 1. The summed E-state index contributed by atoms with van der Waals surface area (Å²) in [6, 6.07) is 3.51. The van der Waals surface area contributed by atoms with Crippen LogP contribution in [-0.2, 0) is 11.3 Å². The van der Waals surface area contributed by atoms with E-state index in [1.807, 2.05) is 37.6 Å². The molecular formula is C13H16N2O2S2. The molecular weight excluding hydrogens is 280 g/mol.